The number of aromatic nitrogens is 3. The maximum Gasteiger partial charge on any atom is 0.251 e. The summed E-state index contributed by atoms with van der Waals surface area (Å²) in [6, 6.07) is 14.4. The molecule has 0 spiro atoms. The van der Waals surface area contributed by atoms with Gasteiger partial charge in [0.15, 0.2) is 5.65 Å². The molecule has 4 rings (SSSR count). The Labute approximate surface area is 164 Å². The molecule has 2 aromatic heterocycles. The van der Waals surface area contributed by atoms with Gasteiger partial charge >= 0.3 is 0 Å². The van der Waals surface area contributed by atoms with Crippen LogP contribution in [-0.2, 0) is 0 Å². The quantitative estimate of drug-likeness (QED) is 0.557. The highest BCUT2D eigenvalue weighted by Gasteiger charge is 2.13. The highest BCUT2D eigenvalue weighted by Crippen LogP contribution is 2.26. The van der Waals surface area contributed by atoms with Crippen molar-refractivity contribution in [3.05, 3.63) is 77.2 Å². The molecule has 1 amide bonds. The van der Waals surface area contributed by atoms with Crippen molar-refractivity contribution in [2.45, 2.75) is 0 Å². The fourth-order valence-electron chi connectivity index (χ4n) is 2.77. The van der Waals surface area contributed by atoms with E-state index in [1.54, 1.807) is 48.7 Å². The van der Waals surface area contributed by atoms with E-state index in [2.05, 4.69) is 15.4 Å². The minimum Gasteiger partial charge on any atom is -0.438 e. The number of halogens is 2. The standard InChI is InChI=1S/C20H14ClFN4O2/c1-23-20(27)13-7-12(8-15(22)9-13)17-11-24-18-5-6-19(25-26(17)18)28-16-4-2-3-14(21)10-16/h2-11H,1H3,(H,23,27). The van der Waals surface area contributed by atoms with Crippen LogP contribution in [0.25, 0.3) is 16.9 Å². The summed E-state index contributed by atoms with van der Waals surface area (Å²) in [7, 11) is 1.49. The van der Waals surface area contributed by atoms with E-state index in [0.717, 1.165) is 0 Å². The molecule has 0 aliphatic carbocycles. The van der Waals surface area contributed by atoms with Gasteiger partial charge in [0.25, 0.3) is 5.91 Å². The lowest BCUT2D eigenvalue weighted by Crippen LogP contribution is -2.18. The summed E-state index contributed by atoms with van der Waals surface area (Å²) in [6.45, 7) is 0. The molecule has 0 radical (unpaired) electrons. The average Bonchev–Trinajstić information content (AvgIpc) is 3.10. The minimum atomic E-state index is -0.530. The summed E-state index contributed by atoms with van der Waals surface area (Å²) in [5, 5.41) is 7.46. The fraction of sp³-hybridized carbons (Fsp3) is 0.0500. The molecule has 28 heavy (non-hydrogen) atoms. The molecule has 1 N–H and O–H groups in total. The average molecular weight is 397 g/mol. The summed E-state index contributed by atoms with van der Waals surface area (Å²) < 4.78 is 21.3. The van der Waals surface area contributed by atoms with Gasteiger partial charge in [0.05, 0.1) is 11.9 Å². The maximum absolute atomic E-state index is 14.1. The van der Waals surface area contributed by atoms with Gasteiger partial charge in [-0.25, -0.2) is 13.9 Å². The van der Waals surface area contributed by atoms with Crippen LogP contribution < -0.4 is 10.1 Å². The van der Waals surface area contributed by atoms with Crippen molar-refractivity contribution in [2.24, 2.45) is 0 Å². The van der Waals surface area contributed by atoms with Crippen molar-refractivity contribution >= 4 is 23.2 Å². The van der Waals surface area contributed by atoms with E-state index in [9.17, 15) is 9.18 Å². The molecule has 0 saturated carbocycles. The Morgan fingerprint density at radius 3 is 2.82 bits per heavy atom. The van der Waals surface area contributed by atoms with Gasteiger partial charge in [-0.15, -0.1) is 5.10 Å². The fourth-order valence-corrected chi connectivity index (χ4v) is 2.95. The number of benzene rings is 2. The smallest absolute Gasteiger partial charge is 0.251 e. The highest BCUT2D eigenvalue weighted by molar-refractivity contribution is 6.30. The van der Waals surface area contributed by atoms with Crippen LogP contribution in [0.2, 0.25) is 5.02 Å². The number of amides is 1. The topological polar surface area (TPSA) is 68.5 Å². The van der Waals surface area contributed by atoms with E-state index in [-0.39, 0.29) is 11.5 Å². The normalized spacial score (nSPS) is 10.8. The van der Waals surface area contributed by atoms with Crippen LogP contribution in [0.4, 0.5) is 4.39 Å². The van der Waals surface area contributed by atoms with Gasteiger partial charge in [-0.2, -0.15) is 0 Å². The molecule has 0 atom stereocenters. The van der Waals surface area contributed by atoms with E-state index in [0.29, 0.717) is 33.6 Å². The first-order chi connectivity index (χ1) is 13.5. The van der Waals surface area contributed by atoms with Crippen LogP contribution in [-0.4, -0.2) is 27.6 Å². The third-order valence-corrected chi connectivity index (χ3v) is 4.27. The van der Waals surface area contributed by atoms with Gasteiger partial charge in [0.2, 0.25) is 5.88 Å². The Hall–Kier alpha value is -3.45. The number of rotatable bonds is 4. The zero-order chi connectivity index (χ0) is 19.7. The second-order valence-electron chi connectivity index (χ2n) is 5.95. The number of nitrogens with zero attached hydrogens (tertiary/aromatic N) is 3. The zero-order valence-electron chi connectivity index (χ0n) is 14.7. The van der Waals surface area contributed by atoms with Gasteiger partial charge in [0, 0.05) is 29.3 Å². The zero-order valence-corrected chi connectivity index (χ0v) is 15.4. The van der Waals surface area contributed by atoms with E-state index in [4.69, 9.17) is 16.3 Å². The SMILES string of the molecule is CNC(=O)c1cc(F)cc(-c2cnc3ccc(Oc4cccc(Cl)c4)nn23)c1. The molecule has 4 aromatic rings. The van der Waals surface area contributed by atoms with Crippen molar-refractivity contribution in [3.63, 3.8) is 0 Å². The molecule has 2 heterocycles. The van der Waals surface area contributed by atoms with Crippen LogP contribution in [0.5, 0.6) is 11.6 Å². The molecule has 0 aliphatic rings. The lowest BCUT2D eigenvalue weighted by molar-refractivity contribution is 0.0962. The van der Waals surface area contributed by atoms with Gasteiger partial charge in [-0.1, -0.05) is 17.7 Å². The van der Waals surface area contributed by atoms with Gasteiger partial charge in [0.1, 0.15) is 11.6 Å². The second kappa shape index (κ2) is 7.28. The number of carbonyl (C=O) groups is 1. The van der Waals surface area contributed by atoms with Crippen molar-refractivity contribution < 1.29 is 13.9 Å². The highest BCUT2D eigenvalue weighted by atomic mass is 35.5. The molecule has 0 aliphatic heterocycles. The number of hydrogen-bond donors (Lipinski definition) is 1. The van der Waals surface area contributed by atoms with Gasteiger partial charge < -0.3 is 10.1 Å². The first kappa shape index (κ1) is 17.9. The van der Waals surface area contributed by atoms with Crippen LogP contribution in [0, 0.1) is 5.82 Å². The molecule has 0 unspecified atom stereocenters. The first-order valence-electron chi connectivity index (χ1n) is 8.35. The van der Waals surface area contributed by atoms with Crippen LogP contribution in [0.3, 0.4) is 0 Å². The Bertz CT molecular complexity index is 1190. The summed E-state index contributed by atoms with van der Waals surface area (Å²) in [5.74, 6) is -0.0597. The van der Waals surface area contributed by atoms with Gasteiger partial charge in [-0.05, 0) is 42.5 Å². The minimum absolute atomic E-state index is 0.207. The number of ether oxygens (including phenoxy) is 1. The second-order valence-corrected chi connectivity index (χ2v) is 6.39. The van der Waals surface area contributed by atoms with Crippen molar-refractivity contribution in [2.75, 3.05) is 7.05 Å². The Morgan fingerprint density at radius 1 is 1.18 bits per heavy atom. The number of nitrogens with one attached hydrogen (secondary N) is 1. The first-order valence-corrected chi connectivity index (χ1v) is 8.72. The molecule has 0 saturated heterocycles. The van der Waals surface area contributed by atoms with Crippen LogP contribution >= 0.6 is 11.6 Å². The molecule has 6 nitrogen and oxygen atoms in total. The molecule has 8 heteroatoms. The number of hydrogen-bond acceptors (Lipinski definition) is 4. The molecule has 140 valence electrons. The lowest BCUT2D eigenvalue weighted by atomic mass is 10.1. The Morgan fingerprint density at radius 2 is 2.04 bits per heavy atom. The summed E-state index contributed by atoms with van der Waals surface area (Å²) >= 11 is 5.98. The van der Waals surface area contributed by atoms with Crippen molar-refractivity contribution in [1.82, 2.24) is 19.9 Å². The number of carbonyl (C=O) groups excluding carboxylic acids is 1. The third-order valence-electron chi connectivity index (χ3n) is 4.04. The van der Waals surface area contributed by atoms with Crippen molar-refractivity contribution in [1.29, 1.82) is 0 Å². The molecule has 0 bridgehead atoms. The Kier molecular flexibility index (Phi) is 4.67. The van der Waals surface area contributed by atoms with E-state index in [1.807, 2.05) is 0 Å². The van der Waals surface area contributed by atoms with E-state index >= 15 is 0 Å². The number of fused-ring (bicyclic) bond motifs is 1. The van der Waals surface area contributed by atoms with E-state index < -0.39 is 5.82 Å². The van der Waals surface area contributed by atoms with Gasteiger partial charge in [-0.3, -0.25) is 4.79 Å². The Balaban J connectivity index is 1.76. The molecular formula is C20H14ClFN4O2. The van der Waals surface area contributed by atoms with Crippen LogP contribution in [0.15, 0.2) is 60.8 Å². The summed E-state index contributed by atoms with van der Waals surface area (Å²) in [4.78, 5) is 16.2. The monoisotopic (exact) mass is 396 g/mol. The summed E-state index contributed by atoms with van der Waals surface area (Å²) in [6.07, 6.45) is 1.56. The van der Waals surface area contributed by atoms with Crippen molar-refractivity contribution in [3.8, 4) is 22.9 Å². The molecular weight excluding hydrogens is 383 g/mol. The molecule has 0 fully saturated rings. The number of imidazole rings is 1. The lowest BCUT2D eigenvalue weighted by Gasteiger charge is -2.08. The molecule has 2 aromatic carbocycles. The summed E-state index contributed by atoms with van der Waals surface area (Å²) in [5.41, 5.74) is 1.76. The maximum atomic E-state index is 14.1. The predicted octanol–water partition coefficient (Wildman–Crippen LogP) is 4.34. The van der Waals surface area contributed by atoms with Crippen LogP contribution in [0.1, 0.15) is 10.4 Å². The third kappa shape index (κ3) is 3.52. The largest absolute Gasteiger partial charge is 0.438 e. The van der Waals surface area contributed by atoms with E-state index in [1.165, 1.54) is 23.7 Å². The predicted molar refractivity (Wildman–Crippen MR) is 103 cm³/mol.